The molecular weight excluding hydrogens is 420 g/mol. The lowest BCUT2D eigenvalue weighted by Gasteiger charge is -2.38. The first-order valence-electron chi connectivity index (χ1n) is 11.3. The third-order valence-corrected chi connectivity index (χ3v) is 6.77. The van der Waals surface area contributed by atoms with E-state index in [1.165, 1.54) is 0 Å². The van der Waals surface area contributed by atoms with Crippen LogP contribution in [0.2, 0.25) is 0 Å². The molecule has 0 saturated carbocycles. The number of piperidine rings is 1. The highest BCUT2D eigenvalue weighted by Gasteiger charge is 2.48. The van der Waals surface area contributed by atoms with Gasteiger partial charge in [-0.2, -0.15) is 9.97 Å². The molecule has 9 nitrogen and oxygen atoms in total. The number of amides is 1. The molecule has 4 heterocycles. The van der Waals surface area contributed by atoms with Crippen molar-refractivity contribution in [2.45, 2.75) is 39.7 Å². The molecule has 1 aromatic carbocycles. The maximum atomic E-state index is 13.5. The molecule has 1 spiro atoms. The zero-order valence-corrected chi connectivity index (χ0v) is 19.2. The van der Waals surface area contributed by atoms with E-state index in [0.29, 0.717) is 30.1 Å². The average molecular weight is 449 g/mol. The van der Waals surface area contributed by atoms with Crippen LogP contribution in [0.1, 0.15) is 36.3 Å². The molecule has 2 saturated heterocycles. The van der Waals surface area contributed by atoms with Crippen LogP contribution in [0.5, 0.6) is 5.88 Å². The lowest BCUT2D eigenvalue weighted by atomic mass is 9.77. The molecule has 172 valence electrons. The highest BCUT2D eigenvalue weighted by atomic mass is 16.5. The molecule has 0 unspecified atom stereocenters. The fourth-order valence-corrected chi connectivity index (χ4v) is 4.89. The number of carbonyl (C=O) groups excluding carboxylic acids is 1. The van der Waals surface area contributed by atoms with Gasteiger partial charge in [0, 0.05) is 43.5 Å². The second-order valence-corrected chi connectivity index (χ2v) is 8.90. The van der Waals surface area contributed by atoms with Crippen LogP contribution in [0.3, 0.4) is 0 Å². The Kier molecular flexibility index (Phi) is 5.47. The van der Waals surface area contributed by atoms with Crippen molar-refractivity contribution in [3.8, 4) is 17.3 Å². The Labute approximate surface area is 192 Å². The highest BCUT2D eigenvalue weighted by molar-refractivity contribution is 5.85. The van der Waals surface area contributed by atoms with Gasteiger partial charge in [0.25, 0.3) is 5.89 Å². The standard InChI is InChI=1S/C24H28N6O3/c1-16-14-20(32-3)27-23(25-16)29-11-8-24(9-12-29)10-13-30(22(24)31)15-18-6-4-5-7-19(18)21-26-17(2)28-33-21/h4-7,14H,8-13,15H2,1-3H3. The zero-order chi connectivity index (χ0) is 23.0. The number of likely N-dealkylation sites (tertiary alicyclic amines) is 1. The Hall–Kier alpha value is -3.49. The molecule has 0 radical (unpaired) electrons. The van der Waals surface area contributed by atoms with E-state index < -0.39 is 0 Å². The molecule has 0 N–H and O–H groups in total. The number of ether oxygens (including phenoxy) is 1. The number of carbonyl (C=O) groups is 1. The van der Waals surface area contributed by atoms with Crippen molar-refractivity contribution < 1.29 is 14.1 Å². The van der Waals surface area contributed by atoms with Crippen LogP contribution in [0, 0.1) is 19.3 Å². The van der Waals surface area contributed by atoms with Gasteiger partial charge < -0.3 is 19.1 Å². The van der Waals surface area contributed by atoms with E-state index in [0.717, 1.165) is 55.7 Å². The highest BCUT2D eigenvalue weighted by Crippen LogP contribution is 2.43. The third-order valence-electron chi connectivity index (χ3n) is 6.77. The van der Waals surface area contributed by atoms with E-state index in [1.807, 2.05) is 42.2 Å². The number of rotatable bonds is 5. The molecule has 33 heavy (non-hydrogen) atoms. The van der Waals surface area contributed by atoms with Gasteiger partial charge in [-0.1, -0.05) is 23.4 Å². The van der Waals surface area contributed by atoms with Gasteiger partial charge in [0.2, 0.25) is 17.7 Å². The maximum absolute atomic E-state index is 13.5. The molecule has 5 rings (SSSR count). The maximum Gasteiger partial charge on any atom is 0.258 e. The summed E-state index contributed by atoms with van der Waals surface area (Å²) < 4.78 is 10.7. The summed E-state index contributed by atoms with van der Waals surface area (Å²) in [6, 6.07) is 9.74. The molecule has 0 atom stereocenters. The lowest BCUT2D eigenvalue weighted by molar-refractivity contribution is -0.137. The number of aromatic nitrogens is 4. The Morgan fingerprint density at radius 3 is 2.55 bits per heavy atom. The number of anilines is 1. The molecule has 2 aliphatic heterocycles. The molecule has 0 bridgehead atoms. The fourth-order valence-electron chi connectivity index (χ4n) is 4.89. The molecule has 9 heteroatoms. The Bertz CT molecular complexity index is 1170. The Morgan fingerprint density at radius 1 is 1.06 bits per heavy atom. The van der Waals surface area contributed by atoms with Gasteiger partial charge >= 0.3 is 0 Å². The lowest BCUT2D eigenvalue weighted by Crippen LogP contribution is -2.45. The van der Waals surface area contributed by atoms with Crippen LogP contribution < -0.4 is 9.64 Å². The van der Waals surface area contributed by atoms with Crippen molar-refractivity contribution in [2.75, 3.05) is 31.6 Å². The molecule has 2 aliphatic rings. The van der Waals surface area contributed by atoms with Crippen LogP contribution in [-0.4, -0.2) is 57.7 Å². The van der Waals surface area contributed by atoms with Crippen LogP contribution in [0.15, 0.2) is 34.9 Å². The first-order chi connectivity index (χ1) is 16.0. The van der Waals surface area contributed by atoms with Gasteiger partial charge in [0.1, 0.15) is 0 Å². The number of nitrogens with zero attached hydrogens (tertiary/aromatic N) is 6. The van der Waals surface area contributed by atoms with Crippen LogP contribution >= 0.6 is 0 Å². The monoisotopic (exact) mass is 448 g/mol. The number of hydrogen-bond donors (Lipinski definition) is 0. The number of methoxy groups -OCH3 is 1. The van der Waals surface area contributed by atoms with E-state index in [1.54, 1.807) is 14.0 Å². The number of hydrogen-bond acceptors (Lipinski definition) is 8. The van der Waals surface area contributed by atoms with Gasteiger partial charge in [-0.15, -0.1) is 0 Å². The minimum absolute atomic E-state index is 0.237. The first-order valence-corrected chi connectivity index (χ1v) is 11.3. The molecular formula is C24H28N6O3. The third kappa shape index (κ3) is 4.03. The average Bonchev–Trinajstić information content (AvgIpc) is 3.38. The summed E-state index contributed by atoms with van der Waals surface area (Å²) >= 11 is 0. The van der Waals surface area contributed by atoms with Crippen molar-refractivity contribution >= 4 is 11.9 Å². The summed E-state index contributed by atoms with van der Waals surface area (Å²) in [5, 5.41) is 3.91. The molecule has 2 fully saturated rings. The van der Waals surface area contributed by atoms with Crippen molar-refractivity contribution in [2.24, 2.45) is 5.41 Å². The summed E-state index contributed by atoms with van der Waals surface area (Å²) in [6.45, 7) is 6.54. The Morgan fingerprint density at radius 2 is 1.82 bits per heavy atom. The smallest absolute Gasteiger partial charge is 0.258 e. The van der Waals surface area contributed by atoms with E-state index >= 15 is 0 Å². The predicted octanol–water partition coefficient (Wildman–Crippen LogP) is 3.17. The van der Waals surface area contributed by atoms with E-state index in [2.05, 4.69) is 25.0 Å². The van der Waals surface area contributed by atoms with E-state index in [4.69, 9.17) is 9.26 Å². The van der Waals surface area contributed by atoms with Crippen LogP contribution in [0.4, 0.5) is 5.95 Å². The molecule has 2 aromatic heterocycles. The predicted molar refractivity (Wildman–Crippen MR) is 122 cm³/mol. The van der Waals surface area contributed by atoms with Gasteiger partial charge in [-0.3, -0.25) is 4.79 Å². The van der Waals surface area contributed by atoms with Crippen molar-refractivity contribution in [1.29, 1.82) is 0 Å². The molecule has 1 amide bonds. The van der Waals surface area contributed by atoms with Crippen LogP contribution in [0.25, 0.3) is 11.5 Å². The SMILES string of the molecule is COc1cc(C)nc(N2CCC3(CCN(Cc4ccccc4-c4nc(C)no4)C3=O)CC2)n1. The van der Waals surface area contributed by atoms with Gasteiger partial charge in [-0.05, 0) is 44.7 Å². The fraction of sp³-hybridized carbons (Fsp3) is 0.458. The summed E-state index contributed by atoms with van der Waals surface area (Å²) in [4.78, 5) is 31.1. The number of benzene rings is 1. The Balaban J connectivity index is 1.29. The van der Waals surface area contributed by atoms with Gasteiger partial charge in [-0.25, -0.2) is 4.98 Å². The molecule has 0 aliphatic carbocycles. The molecule has 3 aromatic rings. The summed E-state index contributed by atoms with van der Waals surface area (Å²) in [5.41, 5.74) is 2.47. The largest absolute Gasteiger partial charge is 0.481 e. The van der Waals surface area contributed by atoms with Gasteiger partial charge in [0.05, 0.1) is 12.5 Å². The summed E-state index contributed by atoms with van der Waals surface area (Å²) in [7, 11) is 1.61. The second kappa shape index (κ2) is 8.46. The zero-order valence-electron chi connectivity index (χ0n) is 19.2. The van der Waals surface area contributed by atoms with Crippen LogP contribution in [-0.2, 0) is 11.3 Å². The summed E-state index contributed by atoms with van der Waals surface area (Å²) in [5.74, 6) is 2.56. The number of aryl methyl sites for hydroxylation is 2. The normalized spacial score (nSPS) is 17.7. The van der Waals surface area contributed by atoms with Crippen molar-refractivity contribution in [3.63, 3.8) is 0 Å². The minimum atomic E-state index is -0.305. The van der Waals surface area contributed by atoms with Gasteiger partial charge in [0.15, 0.2) is 5.82 Å². The minimum Gasteiger partial charge on any atom is -0.481 e. The second-order valence-electron chi connectivity index (χ2n) is 8.90. The van der Waals surface area contributed by atoms with E-state index in [9.17, 15) is 4.79 Å². The van der Waals surface area contributed by atoms with E-state index in [-0.39, 0.29) is 11.3 Å². The topological polar surface area (TPSA) is 97.5 Å². The summed E-state index contributed by atoms with van der Waals surface area (Å²) in [6.07, 6.45) is 2.47. The first kappa shape index (κ1) is 21.4. The quantitative estimate of drug-likeness (QED) is 0.587. The van der Waals surface area contributed by atoms with Crippen molar-refractivity contribution in [1.82, 2.24) is 25.0 Å². The van der Waals surface area contributed by atoms with Crippen molar-refractivity contribution in [3.05, 3.63) is 47.4 Å².